The summed E-state index contributed by atoms with van der Waals surface area (Å²) in [7, 11) is 1.24. The first-order chi connectivity index (χ1) is 16.4. The number of furan rings is 1. The van der Waals surface area contributed by atoms with E-state index in [1.54, 1.807) is 43.3 Å². The van der Waals surface area contributed by atoms with Crippen LogP contribution in [0.25, 0.3) is 5.76 Å². The van der Waals surface area contributed by atoms with Crippen molar-refractivity contribution in [1.29, 1.82) is 0 Å². The largest absolute Gasteiger partial charge is 0.507 e. The van der Waals surface area contributed by atoms with E-state index in [0.29, 0.717) is 23.6 Å². The number of carbonyl (C=O) groups is 3. The van der Waals surface area contributed by atoms with Crippen LogP contribution in [0.1, 0.15) is 46.1 Å². The third kappa shape index (κ3) is 4.08. The van der Waals surface area contributed by atoms with Gasteiger partial charge in [-0.1, -0.05) is 18.3 Å². The Balaban J connectivity index is 1.81. The van der Waals surface area contributed by atoms with Gasteiger partial charge in [0.2, 0.25) is 0 Å². The lowest BCUT2D eigenvalue weighted by Crippen LogP contribution is -2.29. The van der Waals surface area contributed by atoms with E-state index in [1.165, 1.54) is 13.4 Å². The van der Waals surface area contributed by atoms with E-state index < -0.39 is 23.7 Å². The summed E-state index contributed by atoms with van der Waals surface area (Å²) in [6, 6.07) is 8.71. The van der Waals surface area contributed by atoms with E-state index in [0.717, 1.165) is 22.7 Å². The van der Waals surface area contributed by atoms with Crippen molar-refractivity contribution >= 4 is 39.9 Å². The second kappa shape index (κ2) is 9.52. The number of carbonyl (C=O) groups excluding carboxylic acids is 3. The number of rotatable bonds is 7. The molecule has 3 aromatic rings. The molecule has 1 atom stereocenters. The zero-order valence-electron chi connectivity index (χ0n) is 18.7. The predicted octanol–water partition coefficient (Wildman–Crippen LogP) is 4.25. The maximum atomic E-state index is 13.1. The van der Waals surface area contributed by atoms with Crippen molar-refractivity contribution in [2.45, 2.75) is 26.3 Å². The maximum absolute atomic E-state index is 13.1. The average molecular weight is 483 g/mol. The first kappa shape index (κ1) is 23.2. The molecule has 2 aromatic heterocycles. The van der Waals surface area contributed by atoms with Crippen molar-refractivity contribution in [1.82, 2.24) is 4.98 Å². The van der Waals surface area contributed by atoms with Crippen LogP contribution in [-0.4, -0.2) is 41.5 Å². The van der Waals surface area contributed by atoms with Crippen LogP contribution in [0.5, 0.6) is 5.75 Å². The average Bonchev–Trinajstić information content (AvgIpc) is 3.56. The summed E-state index contributed by atoms with van der Waals surface area (Å²) in [6.45, 7) is 4.15. The van der Waals surface area contributed by atoms with Crippen LogP contribution in [0.4, 0.5) is 5.13 Å². The minimum absolute atomic E-state index is 0.115. The van der Waals surface area contributed by atoms with Gasteiger partial charge in [-0.3, -0.25) is 14.5 Å². The number of hydrogen-bond donors (Lipinski definition) is 1. The molecule has 1 N–H and O–H groups in total. The van der Waals surface area contributed by atoms with Gasteiger partial charge in [0.25, 0.3) is 5.78 Å². The van der Waals surface area contributed by atoms with E-state index in [9.17, 15) is 19.5 Å². The normalized spacial score (nSPS) is 17.3. The number of hydrogen-bond acceptors (Lipinski definition) is 9. The fourth-order valence-electron chi connectivity index (χ4n) is 3.60. The fraction of sp³-hybridized carbons (Fsp3) is 0.250. The molecule has 9 nitrogen and oxygen atoms in total. The molecule has 1 saturated heterocycles. The number of benzene rings is 1. The maximum Gasteiger partial charge on any atom is 0.350 e. The number of ketones is 1. The molecule has 10 heteroatoms. The smallest absolute Gasteiger partial charge is 0.350 e. The number of thiazole rings is 1. The highest BCUT2D eigenvalue weighted by Gasteiger charge is 2.49. The molecule has 176 valence electrons. The second-order valence-corrected chi connectivity index (χ2v) is 8.44. The third-order valence-corrected chi connectivity index (χ3v) is 6.36. The first-order valence-corrected chi connectivity index (χ1v) is 11.3. The molecule has 0 aliphatic carbocycles. The highest BCUT2D eigenvalue weighted by Crippen LogP contribution is 2.44. The molecule has 0 saturated carbocycles. The van der Waals surface area contributed by atoms with Crippen molar-refractivity contribution in [3.8, 4) is 5.75 Å². The van der Waals surface area contributed by atoms with E-state index in [1.807, 2.05) is 6.92 Å². The fourth-order valence-corrected chi connectivity index (χ4v) is 4.61. The monoisotopic (exact) mass is 482 g/mol. The van der Waals surface area contributed by atoms with Crippen molar-refractivity contribution in [3.63, 3.8) is 0 Å². The highest BCUT2D eigenvalue weighted by atomic mass is 32.1. The lowest BCUT2D eigenvalue weighted by molar-refractivity contribution is -0.132. The topological polar surface area (TPSA) is 119 Å². The Labute approximate surface area is 199 Å². The molecule has 1 aromatic carbocycles. The second-order valence-electron chi connectivity index (χ2n) is 7.46. The number of methoxy groups -OCH3 is 1. The summed E-state index contributed by atoms with van der Waals surface area (Å²) < 4.78 is 15.9. The summed E-state index contributed by atoms with van der Waals surface area (Å²) in [6.07, 6.45) is 2.25. The van der Waals surface area contributed by atoms with E-state index in [2.05, 4.69) is 4.98 Å². The SMILES string of the molecule is CCCOc1ccc(C(O)=C2C(=O)C(=O)N(c3nc(C)c(C(=O)OC)s3)C2c2ccco2)cc1. The van der Waals surface area contributed by atoms with Crippen LogP contribution in [0.2, 0.25) is 0 Å². The van der Waals surface area contributed by atoms with Crippen LogP contribution in [0, 0.1) is 6.92 Å². The molecular weight excluding hydrogens is 460 g/mol. The van der Waals surface area contributed by atoms with E-state index in [-0.39, 0.29) is 27.1 Å². The summed E-state index contributed by atoms with van der Waals surface area (Å²) in [5.74, 6) is -1.86. The molecule has 4 rings (SSSR count). The Morgan fingerprint density at radius 1 is 1.24 bits per heavy atom. The van der Waals surface area contributed by atoms with Crippen LogP contribution in [-0.2, 0) is 14.3 Å². The van der Waals surface area contributed by atoms with Gasteiger partial charge in [-0.05, 0) is 49.7 Å². The number of esters is 1. The van der Waals surface area contributed by atoms with Gasteiger partial charge in [-0.25, -0.2) is 9.78 Å². The highest BCUT2D eigenvalue weighted by molar-refractivity contribution is 7.17. The van der Waals surface area contributed by atoms with E-state index in [4.69, 9.17) is 13.9 Å². The van der Waals surface area contributed by atoms with Crippen molar-refractivity contribution in [3.05, 3.63) is 70.1 Å². The summed E-state index contributed by atoms with van der Waals surface area (Å²) in [5.41, 5.74) is 0.549. The predicted molar refractivity (Wildman–Crippen MR) is 124 cm³/mol. The number of aryl methyl sites for hydroxylation is 1. The van der Waals surface area contributed by atoms with Crippen LogP contribution in [0.3, 0.4) is 0 Å². The Morgan fingerprint density at radius 2 is 1.97 bits per heavy atom. The Hall–Kier alpha value is -3.92. The molecule has 0 radical (unpaired) electrons. The number of ether oxygens (including phenoxy) is 2. The van der Waals surface area contributed by atoms with E-state index >= 15 is 0 Å². The number of Topliss-reactive ketones (excluding diaryl/α,β-unsaturated/α-hetero) is 1. The van der Waals surface area contributed by atoms with Crippen LogP contribution in [0.15, 0.2) is 52.7 Å². The third-order valence-electron chi connectivity index (χ3n) is 5.22. The quantitative estimate of drug-likeness (QED) is 0.230. The van der Waals surface area contributed by atoms with Crippen molar-refractivity contribution < 1.29 is 33.4 Å². The molecule has 1 unspecified atom stereocenters. The first-order valence-electron chi connectivity index (χ1n) is 10.5. The minimum Gasteiger partial charge on any atom is -0.507 e. The van der Waals surface area contributed by atoms with Gasteiger partial charge < -0.3 is 19.0 Å². The van der Waals surface area contributed by atoms with Gasteiger partial charge in [0.15, 0.2) is 5.13 Å². The van der Waals surface area contributed by atoms with Gasteiger partial charge in [0.1, 0.15) is 28.2 Å². The lowest BCUT2D eigenvalue weighted by atomic mass is 9.99. The number of aliphatic hydroxyl groups excluding tert-OH is 1. The molecule has 3 heterocycles. The number of aromatic nitrogens is 1. The van der Waals surface area contributed by atoms with Crippen LogP contribution < -0.4 is 9.64 Å². The van der Waals surface area contributed by atoms with Crippen molar-refractivity contribution in [2.75, 3.05) is 18.6 Å². The molecule has 1 amide bonds. The number of amides is 1. The molecule has 0 spiro atoms. The molecule has 34 heavy (non-hydrogen) atoms. The molecule has 0 bridgehead atoms. The Morgan fingerprint density at radius 3 is 2.59 bits per heavy atom. The molecular formula is C24H22N2O7S. The zero-order chi connectivity index (χ0) is 24.4. The standard InChI is InChI=1S/C24H22N2O7S/c1-4-11-32-15-9-7-14(8-10-15)19(27)17-18(16-6-5-12-33-16)26(22(29)20(17)28)24-25-13(2)21(34-24)23(30)31-3/h5-10,12,18,27H,4,11H2,1-3H3. The van der Waals surface area contributed by atoms with Crippen LogP contribution >= 0.6 is 11.3 Å². The summed E-state index contributed by atoms with van der Waals surface area (Å²) >= 11 is 0.920. The Bertz CT molecular complexity index is 1260. The van der Waals surface area contributed by atoms with Gasteiger partial charge in [-0.15, -0.1) is 0 Å². The molecule has 1 aliphatic heterocycles. The Kier molecular flexibility index (Phi) is 6.51. The van der Waals surface area contributed by atoms with Gasteiger partial charge >= 0.3 is 11.9 Å². The number of aliphatic hydroxyl groups is 1. The minimum atomic E-state index is -1.07. The van der Waals surface area contributed by atoms with Gasteiger partial charge in [0.05, 0.1) is 31.2 Å². The zero-order valence-corrected chi connectivity index (χ0v) is 19.5. The number of nitrogens with zero attached hydrogens (tertiary/aromatic N) is 2. The van der Waals surface area contributed by atoms with Gasteiger partial charge in [0, 0.05) is 5.56 Å². The van der Waals surface area contributed by atoms with Crippen molar-refractivity contribution in [2.24, 2.45) is 0 Å². The lowest BCUT2D eigenvalue weighted by Gasteiger charge is -2.20. The summed E-state index contributed by atoms with van der Waals surface area (Å²) in [4.78, 5) is 44.0. The van der Waals surface area contributed by atoms with Gasteiger partial charge in [-0.2, -0.15) is 0 Å². The summed E-state index contributed by atoms with van der Waals surface area (Å²) in [5, 5.41) is 11.2. The molecule has 1 fully saturated rings. The number of anilines is 1. The molecule has 1 aliphatic rings.